The van der Waals surface area contributed by atoms with Gasteiger partial charge in [0.15, 0.2) is 5.16 Å². The third-order valence-corrected chi connectivity index (χ3v) is 2.54. The fourth-order valence-corrected chi connectivity index (χ4v) is 1.72. The molecule has 0 saturated heterocycles. The second-order valence-corrected chi connectivity index (χ2v) is 3.95. The van der Waals surface area contributed by atoms with Crippen molar-refractivity contribution in [2.24, 2.45) is 0 Å². The molecule has 0 amide bonds. The van der Waals surface area contributed by atoms with Crippen molar-refractivity contribution in [1.82, 2.24) is 15.0 Å². The van der Waals surface area contributed by atoms with Gasteiger partial charge in [-0.15, -0.1) is 0 Å². The summed E-state index contributed by atoms with van der Waals surface area (Å²) < 4.78 is 10.1. The fraction of sp³-hybridized carbons (Fsp3) is 0.667. The van der Waals surface area contributed by atoms with Gasteiger partial charge in [0.05, 0.1) is 6.61 Å². The minimum atomic E-state index is 0.188. The standard InChI is InChI=1S/C9H16N4O2S/c1-3-15-8-11-7(10)12-9(13-8)16-6-4-5-14-2/h3-6H2,1-2H3,(H2,10,11,12,13). The number of hydrogen-bond acceptors (Lipinski definition) is 7. The van der Waals surface area contributed by atoms with Gasteiger partial charge in [0, 0.05) is 19.5 Å². The number of nitrogens with two attached hydrogens (primary N) is 1. The van der Waals surface area contributed by atoms with E-state index in [4.69, 9.17) is 15.2 Å². The lowest BCUT2D eigenvalue weighted by atomic mass is 10.5. The summed E-state index contributed by atoms with van der Waals surface area (Å²) in [6, 6.07) is 0.282. The van der Waals surface area contributed by atoms with E-state index in [0.29, 0.717) is 11.8 Å². The summed E-state index contributed by atoms with van der Waals surface area (Å²) in [7, 11) is 1.68. The highest BCUT2D eigenvalue weighted by atomic mass is 32.2. The summed E-state index contributed by atoms with van der Waals surface area (Å²) in [4.78, 5) is 12.0. The van der Waals surface area contributed by atoms with Crippen LogP contribution in [0.5, 0.6) is 6.01 Å². The normalized spacial score (nSPS) is 10.4. The van der Waals surface area contributed by atoms with E-state index in [1.165, 1.54) is 11.8 Å². The molecular formula is C9H16N4O2S. The van der Waals surface area contributed by atoms with E-state index in [-0.39, 0.29) is 12.0 Å². The van der Waals surface area contributed by atoms with Gasteiger partial charge >= 0.3 is 6.01 Å². The average molecular weight is 244 g/mol. The third-order valence-electron chi connectivity index (χ3n) is 1.61. The van der Waals surface area contributed by atoms with Gasteiger partial charge in [-0.05, 0) is 13.3 Å². The Morgan fingerprint density at radius 2 is 2.12 bits per heavy atom. The molecule has 90 valence electrons. The van der Waals surface area contributed by atoms with Crippen LogP contribution >= 0.6 is 11.8 Å². The van der Waals surface area contributed by atoms with Crippen LogP contribution in [-0.4, -0.2) is 41.0 Å². The van der Waals surface area contributed by atoms with Crippen molar-refractivity contribution < 1.29 is 9.47 Å². The van der Waals surface area contributed by atoms with E-state index in [1.807, 2.05) is 6.92 Å². The minimum Gasteiger partial charge on any atom is -0.464 e. The van der Waals surface area contributed by atoms with Crippen molar-refractivity contribution in [3.63, 3.8) is 0 Å². The number of aromatic nitrogens is 3. The molecule has 0 aliphatic heterocycles. The van der Waals surface area contributed by atoms with Gasteiger partial charge in [0.25, 0.3) is 0 Å². The molecule has 0 bridgehead atoms. The predicted octanol–water partition coefficient (Wildman–Crippen LogP) is 0.981. The maximum absolute atomic E-state index is 5.54. The summed E-state index contributed by atoms with van der Waals surface area (Å²) in [6.07, 6.45) is 0.941. The molecule has 0 fully saturated rings. The molecule has 1 aromatic heterocycles. The van der Waals surface area contributed by atoms with E-state index in [1.54, 1.807) is 7.11 Å². The zero-order chi connectivity index (χ0) is 11.8. The molecule has 1 rings (SSSR count). The summed E-state index contributed by atoms with van der Waals surface area (Å²) in [5.41, 5.74) is 5.54. The quantitative estimate of drug-likeness (QED) is 0.565. The van der Waals surface area contributed by atoms with Crippen LogP contribution in [0, 0.1) is 0 Å². The van der Waals surface area contributed by atoms with Crippen LogP contribution in [0.1, 0.15) is 13.3 Å². The molecule has 1 heterocycles. The molecule has 0 saturated carbocycles. The molecule has 0 spiro atoms. The van der Waals surface area contributed by atoms with Crippen LogP contribution in [-0.2, 0) is 4.74 Å². The maximum atomic E-state index is 5.54. The molecule has 1 aromatic rings. The van der Waals surface area contributed by atoms with Crippen LogP contribution < -0.4 is 10.5 Å². The first-order valence-corrected chi connectivity index (χ1v) is 6.01. The topological polar surface area (TPSA) is 83.2 Å². The molecule has 0 aliphatic rings. The van der Waals surface area contributed by atoms with Crippen molar-refractivity contribution in [2.45, 2.75) is 18.5 Å². The van der Waals surface area contributed by atoms with Crippen LogP contribution in [0.25, 0.3) is 0 Å². The Labute approximate surface area is 99.0 Å². The molecule has 6 nitrogen and oxygen atoms in total. The molecule has 0 radical (unpaired) electrons. The van der Waals surface area contributed by atoms with Gasteiger partial charge in [0.1, 0.15) is 0 Å². The van der Waals surface area contributed by atoms with Crippen LogP contribution in [0.15, 0.2) is 5.16 Å². The summed E-state index contributed by atoms with van der Waals surface area (Å²) in [6.45, 7) is 3.11. The van der Waals surface area contributed by atoms with Gasteiger partial charge in [-0.25, -0.2) is 0 Å². The lowest BCUT2D eigenvalue weighted by Gasteiger charge is -2.04. The van der Waals surface area contributed by atoms with Crippen molar-refractivity contribution in [2.75, 3.05) is 31.8 Å². The number of nitrogens with zero attached hydrogens (tertiary/aromatic N) is 3. The Morgan fingerprint density at radius 1 is 1.31 bits per heavy atom. The van der Waals surface area contributed by atoms with Gasteiger partial charge < -0.3 is 15.2 Å². The van der Waals surface area contributed by atoms with E-state index in [2.05, 4.69) is 15.0 Å². The number of hydrogen-bond donors (Lipinski definition) is 1. The van der Waals surface area contributed by atoms with Gasteiger partial charge in [-0.2, -0.15) is 15.0 Å². The molecule has 0 aliphatic carbocycles. The Bertz CT molecular complexity index is 324. The second kappa shape index (κ2) is 7.24. The lowest BCUT2D eigenvalue weighted by molar-refractivity contribution is 0.200. The lowest BCUT2D eigenvalue weighted by Crippen LogP contribution is -2.04. The summed E-state index contributed by atoms with van der Waals surface area (Å²) >= 11 is 1.51. The Balaban J connectivity index is 2.51. The van der Waals surface area contributed by atoms with E-state index < -0.39 is 0 Å². The minimum absolute atomic E-state index is 0.188. The SMILES string of the molecule is CCOc1nc(N)nc(SCCCOC)n1. The Hall–Kier alpha value is -1.08. The monoisotopic (exact) mass is 244 g/mol. The first-order valence-electron chi connectivity index (χ1n) is 5.02. The molecule has 7 heteroatoms. The number of ether oxygens (including phenoxy) is 2. The highest BCUT2D eigenvalue weighted by Crippen LogP contribution is 2.17. The van der Waals surface area contributed by atoms with Gasteiger partial charge in [-0.1, -0.05) is 11.8 Å². The summed E-state index contributed by atoms with van der Waals surface area (Å²) in [5.74, 6) is 1.07. The van der Waals surface area contributed by atoms with Crippen LogP contribution in [0.4, 0.5) is 5.95 Å². The van der Waals surface area contributed by atoms with Gasteiger partial charge in [-0.3, -0.25) is 0 Å². The number of methoxy groups -OCH3 is 1. The zero-order valence-electron chi connectivity index (χ0n) is 9.47. The second-order valence-electron chi connectivity index (χ2n) is 2.89. The molecule has 0 unspecified atom stereocenters. The van der Waals surface area contributed by atoms with E-state index >= 15 is 0 Å². The first kappa shape index (κ1) is 13.0. The zero-order valence-corrected chi connectivity index (χ0v) is 10.3. The average Bonchev–Trinajstić information content (AvgIpc) is 2.24. The van der Waals surface area contributed by atoms with Gasteiger partial charge in [0.2, 0.25) is 5.95 Å². The predicted molar refractivity (Wildman–Crippen MR) is 62.6 cm³/mol. The summed E-state index contributed by atoms with van der Waals surface area (Å²) in [5, 5.41) is 0.590. The van der Waals surface area contributed by atoms with E-state index in [9.17, 15) is 0 Å². The van der Waals surface area contributed by atoms with Crippen molar-refractivity contribution >= 4 is 17.7 Å². The Kier molecular flexibility index (Phi) is 5.87. The fourth-order valence-electron chi connectivity index (χ4n) is 0.978. The van der Waals surface area contributed by atoms with Crippen molar-refractivity contribution in [3.05, 3.63) is 0 Å². The smallest absolute Gasteiger partial charge is 0.322 e. The molecule has 16 heavy (non-hydrogen) atoms. The van der Waals surface area contributed by atoms with Crippen molar-refractivity contribution in [1.29, 1.82) is 0 Å². The van der Waals surface area contributed by atoms with Crippen LogP contribution in [0.2, 0.25) is 0 Å². The van der Waals surface area contributed by atoms with Crippen LogP contribution in [0.3, 0.4) is 0 Å². The number of rotatable bonds is 7. The molecule has 0 aromatic carbocycles. The number of nitrogen functional groups attached to an aromatic ring is 1. The van der Waals surface area contributed by atoms with Crippen molar-refractivity contribution in [3.8, 4) is 6.01 Å². The largest absolute Gasteiger partial charge is 0.464 e. The Morgan fingerprint density at radius 3 is 2.81 bits per heavy atom. The molecule has 2 N–H and O–H groups in total. The first-order chi connectivity index (χ1) is 7.76. The highest BCUT2D eigenvalue weighted by molar-refractivity contribution is 7.99. The highest BCUT2D eigenvalue weighted by Gasteiger charge is 2.05. The third kappa shape index (κ3) is 4.63. The maximum Gasteiger partial charge on any atom is 0.322 e. The van der Waals surface area contributed by atoms with E-state index in [0.717, 1.165) is 18.8 Å². The molecular weight excluding hydrogens is 228 g/mol. The molecule has 0 atom stereocenters. The number of anilines is 1. The number of thioether (sulfide) groups is 1.